The molecule has 0 saturated heterocycles. The normalized spacial score (nSPS) is 13.8. The van der Waals surface area contributed by atoms with Crippen molar-refractivity contribution < 1.29 is 10.2 Å². The van der Waals surface area contributed by atoms with Crippen molar-refractivity contribution in [2.45, 2.75) is 25.6 Å². The lowest BCUT2D eigenvalue weighted by Crippen LogP contribution is -2.03. The van der Waals surface area contributed by atoms with E-state index in [0.717, 1.165) is 38.2 Å². The SMILES string of the molecule is CC(O)c1cccc2ccc(CC(O)c3cccc4ccccc34)cc12. The van der Waals surface area contributed by atoms with Crippen LogP contribution in [0, 0.1) is 0 Å². The zero-order valence-corrected chi connectivity index (χ0v) is 14.8. The van der Waals surface area contributed by atoms with E-state index in [2.05, 4.69) is 36.4 Å². The minimum absolute atomic E-state index is 0.517. The smallest absolute Gasteiger partial charge is 0.0836 e. The minimum atomic E-state index is -0.572. The first-order valence-corrected chi connectivity index (χ1v) is 8.99. The molecule has 2 N–H and O–H groups in total. The van der Waals surface area contributed by atoms with Crippen LogP contribution in [0.25, 0.3) is 21.5 Å². The molecular weight excluding hydrogens is 320 g/mol. The Bertz CT molecular complexity index is 1060. The molecule has 0 radical (unpaired) electrons. The number of aliphatic hydroxyl groups is 2. The third-order valence-corrected chi connectivity index (χ3v) is 5.04. The van der Waals surface area contributed by atoms with Crippen LogP contribution in [0.4, 0.5) is 0 Å². The van der Waals surface area contributed by atoms with Crippen LogP contribution < -0.4 is 0 Å². The molecule has 4 aromatic rings. The van der Waals surface area contributed by atoms with E-state index in [1.807, 2.05) is 42.5 Å². The Morgan fingerprint density at radius 2 is 1.35 bits per heavy atom. The lowest BCUT2D eigenvalue weighted by Gasteiger charge is -2.15. The first-order valence-electron chi connectivity index (χ1n) is 8.99. The maximum Gasteiger partial charge on any atom is 0.0836 e. The summed E-state index contributed by atoms with van der Waals surface area (Å²) in [4.78, 5) is 0. The van der Waals surface area contributed by atoms with Crippen LogP contribution in [-0.2, 0) is 6.42 Å². The summed E-state index contributed by atoms with van der Waals surface area (Å²) < 4.78 is 0. The molecule has 2 atom stereocenters. The van der Waals surface area contributed by atoms with E-state index < -0.39 is 12.2 Å². The summed E-state index contributed by atoms with van der Waals surface area (Å²) >= 11 is 0. The predicted octanol–water partition coefficient (Wildman–Crippen LogP) is 5.32. The second-order valence-corrected chi connectivity index (χ2v) is 6.87. The van der Waals surface area contributed by atoms with Gasteiger partial charge in [0, 0.05) is 6.42 Å². The lowest BCUT2D eigenvalue weighted by molar-refractivity contribution is 0.180. The highest BCUT2D eigenvalue weighted by atomic mass is 16.3. The summed E-state index contributed by atoms with van der Waals surface area (Å²) in [5.41, 5.74) is 2.93. The Hall–Kier alpha value is -2.68. The van der Waals surface area contributed by atoms with Gasteiger partial charge in [0.25, 0.3) is 0 Å². The van der Waals surface area contributed by atoms with Gasteiger partial charge in [0.1, 0.15) is 0 Å². The van der Waals surface area contributed by atoms with Gasteiger partial charge in [0.15, 0.2) is 0 Å². The minimum Gasteiger partial charge on any atom is -0.389 e. The van der Waals surface area contributed by atoms with E-state index in [9.17, 15) is 10.2 Å². The van der Waals surface area contributed by atoms with E-state index >= 15 is 0 Å². The third kappa shape index (κ3) is 3.10. The Kier molecular flexibility index (Phi) is 4.46. The topological polar surface area (TPSA) is 40.5 Å². The Morgan fingerprint density at radius 1 is 0.692 bits per heavy atom. The van der Waals surface area contributed by atoms with Crippen molar-refractivity contribution >= 4 is 21.5 Å². The summed E-state index contributed by atoms with van der Waals surface area (Å²) in [5, 5.41) is 25.3. The van der Waals surface area contributed by atoms with Gasteiger partial charge >= 0.3 is 0 Å². The van der Waals surface area contributed by atoms with E-state index in [1.165, 1.54) is 0 Å². The van der Waals surface area contributed by atoms with Crippen LogP contribution in [0.2, 0.25) is 0 Å². The monoisotopic (exact) mass is 342 g/mol. The van der Waals surface area contributed by atoms with Crippen LogP contribution in [0.1, 0.15) is 35.8 Å². The van der Waals surface area contributed by atoms with Crippen molar-refractivity contribution in [1.82, 2.24) is 0 Å². The predicted molar refractivity (Wildman–Crippen MR) is 107 cm³/mol. The van der Waals surface area contributed by atoms with Crippen LogP contribution in [0.3, 0.4) is 0 Å². The largest absolute Gasteiger partial charge is 0.389 e. The first kappa shape index (κ1) is 16.8. The van der Waals surface area contributed by atoms with E-state index in [-0.39, 0.29) is 0 Å². The van der Waals surface area contributed by atoms with E-state index in [1.54, 1.807) is 6.92 Å². The molecule has 0 aromatic heterocycles. The molecule has 26 heavy (non-hydrogen) atoms. The molecule has 4 rings (SSSR count). The second kappa shape index (κ2) is 6.91. The van der Waals surface area contributed by atoms with Crippen molar-refractivity contribution in [2.75, 3.05) is 0 Å². The van der Waals surface area contributed by atoms with Crippen LogP contribution in [0.15, 0.2) is 78.9 Å². The fourth-order valence-electron chi connectivity index (χ4n) is 3.71. The van der Waals surface area contributed by atoms with Crippen LogP contribution in [0.5, 0.6) is 0 Å². The lowest BCUT2D eigenvalue weighted by atomic mass is 9.93. The van der Waals surface area contributed by atoms with E-state index in [0.29, 0.717) is 6.42 Å². The molecular formula is C24H22O2. The molecule has 0 aliphatic carbocycles. The van der Waals surface area contributed by atoms with E-state index in [4.69, 9.17) is 0 Å². The molecule has 130 valence electrons. The zero-order valence-electron chi connectivity index (χ0n) is 14.8. The van der Waals surface area contributed by atoms with Crippen molar-refractivity contribution in [3.8, 4) is 0 Å². The highest BCUT2D eigenvalue weighted by Crippen LogP contribution is 2.29. The fourth-order valence-corrected chi connectivity index (χ4v) is 3.71. The Morgan fingerprint density at radius 3 is 2.12 bits per heavy atom. The van der Waals surface area contributed by atoms with Gasteiger partial charge in [-0.25, -0.2) is 0 Å². The van der Waals surface area contributed by atoms with Gasteiger partial charge in [-0.2, -0.15) is 0 Å². The maximum atomic E-state index is 10.9. The highest BCUT2D eigenvalue weighted by molar-refractivity contribution is 5.87. The van der Waals surface area contributed by atoms with Crippen molar-refractivity contribution in [2.24, 2.45) is 0 Å². The van der Waals surface area contributed by atoms with Crippen LogP contribution in [-0.4, -0.2) is 10.2 Å². The zero-order chi connectivity index (χ0) is 18.1. The number of aliphatic hydroxyl groups excluding tert-OH is 2. The molecule has 0 spiro atoms. The van der Waals surface area contributed by atoms with Gasteiger partial charge in [0.2, 0.25) is 0 Å². The average molecular weight is 342 g/mol. The highest BCUT2D eigenvalue weighted by Gasteiger charge is 2.13. The van der Waals surface area contributed by atoms with Crippen molar-refractivity contribution in [1.29, 1.82) is 0 Å². The summed E-state index contributed by atoms with van der Waals surface area (Å²) in [6.07, 6.45) is -0.549. The molecule has 0 bridgehead atoms. The quantitative estimate of drug-likeness (QED) is 0.527. The molecule has 0 fully saturated rings. The summed E-state index contributed by atoms with van der Waals surface area (Å²) in [5.74, 6) is 0. The number of rotatable bonds is 4. The molecule has 2 heteroatoms. The van der Waals surface area contributed by atoms with Gasteiger partial charge in [-0.3, -0.25) is 0 Å². The van der Waals surface area contributed by atoms with Gasteiger partial charge in [-0.15, -0.1) is 0 Å². The molecule has 0 heterocycles. The van der Waals surface area contributed by atoms with Gasteiger partial charge < -0.3 is 10.2 Å². The molecule has 0 amide bonds. The molecule has 2 nitrogen and oxygen atoms in total. The maximum absolute atomic E-state index is 10.9. The third-order valence-electron chi connectivity index (χ3n) is 5.04. The number of hydrogen-bond donors (Lipinski definition) is 2. The molecule has 4 aromatic carbocycles. The Balaban J connectivity index is 1.71. The fraction of sp³-hybridized carbons (Fsp3) is 0.167. The van der Waals surface area contributed by atoms with Gasteiger partial charge in [-0.05, 0) is 45.2 Å². The second-order valence-electron chi connectivity index (χ2n) is 6.87. The summed E-state index contributed by atoms with van der Waals surface area (Å²) in [6, 6.07) is 26.4. The molecule has 0 saturated carbocycles. The van der Waals surface area contributed by atoms with Crippen LogP contribution >= 0.6 is 0 Å². The molecule has 2 unspecified atom stereocenters. The standard InChI is InChI=1S/C24H22O2/c1-16(25)20-10-4-8-19-13-12-17(14-23(19)20)15-24(26)22-11-5-7-18-6-2-3-9-21(18)22/h2-14,16,24-26H,15H2,1H3. The first-order chi connectivity index (χ1) is 12.6. The Labute approximate surface area is 153 Å². The van der Waals surface area contributed by atoms with Gasteiger partial charge in [0.05, 0.1) is 12.2 Å². The summed E-state index contributed by atoms with van der Waals surface area (Å²) in [6.45, 7) is 1.78. The number of fused-ring (bicyclic) bond motifs is 2. The number of benzene rings is 4. The van der Waals surface area contributed by atoms with Crippen molar-refractivity contribution in [3.05, 3.63) is 95.6 Å². The molecule has 0 aliphatic heterocycles. The molecule has 0 aliphatic rings. The number of hydrogen-bond acceptors (Lipinski definition) is 2. The van der Waals surface area contributed by atoms with Gasteiger partial charge in [-0.1, -0.05) is 78.9 Å². The van der Waals surface area contributed by atoms with Crippen molar-refractivity contribution in [3.63, 3.8) is 0 Å². The average Bonchev–Trinajstić information content (AvgIpc) is 2.66. The summed E-state index contributed by atoms with van der Waals surface area (Å²) in [7, 11) is 0.